The van der Waals surface area contributed by atoms with Gasteiger partial charge in [-0.2, -0.15) is 0 Å². The maximum absolute atomic E-state index is 13.4. The van der Waals surface area contributed by atoms with E-state index in [2.05, 4.69) is 17.0 Å². The highest BCUT2D eigenvalue weighted by molar-refractivity contribution is 7.93. The first-order valence-corrected chi connectivity index (χ1v) is 16.5. The zero-order valence-electron chi connectivity index (χ0n) is 24.4. The van der Waals surface area contributed by atoms with Crippen LogP contribution in [0, 0.1) is 23.7 Å². The molecule has 2 aromatic carbocycles. The quantitative estimate of drug-likeness (QED) is 0.281. The second kappa shape index (κ2) is 11.6. The number of carbonyl (C=O) groups excluding carboxylic acids is 1. The minimum absolute atomic E-state index is 0.132. The molecule has 3 aromatic rings. The maximum Gasteiger partial charge on any atom is 0.263 e. The summed E-state index contributed by atoms with van der Waals surface area (Å²) in [5.74, 6) is 0.139. The monoisotopic (exact) mass is 613 g/mol. The Morgan fingerprint density at radius 3 is 2.48 bits per heavy atom. The Bertz CT molecular complexity index is 1540. The van der Waals surface area contributed by atoms with Crippen LogP contribution in [0.2, 0.25) is 0 Å². The van der Waals surface area contributed by atoms with Crippen molar-refractivity contribution in [2.24, 2.45) is 16.7 Å². The Hall–Kier alpha value is -2.99. The number of sulfonamides is 1. The molecule has 1 aromatic heterocycles. The van der Waals surface area contributed by atoms with Crippen LogP contribution in [0.1, 0.15) is 60.7 Å². The molecular weight excluding hydrogens is 574 g/mol. The number of aryl methyl sites for hydroxylation is 1. The second-order valence-electron chi connectivity index (χ2n) is 12.1. The molecule has 0 saturated heterocycles. The van der Waals surface area contributed by atoms with Gasteiger partial charge in [-0.05, 0) is 67.3 Å². The number of aliphatic hydroxyl groups excluding tert-OH is 2. The van der Waals surface area contributed by atoms with Gasteiger partial charge in [-0.15, -0.1) is 11.3 Å². The summed E-state index contributed by atoms with van der Waals surface area (Å²) in [7, 11) is -2.26. The Labute approximate surface area is 251 Å². The van der Waals surface area contributed by atoms with E-state index in [-0.39, 0.29) is 40.8 Å². The number of thiazole rings is 1. The van der Waals surface area contributed by atoms with E-state index in [4.69, 9.17) is 9.72 Å². The number of hydrogen-bond donors (Lipinski definition) is 4. The Kier molecular flexibility index (Phi) is 8.41. The fraction of sp³-hybridized carbons (Fsp3) is 0.484. The van der Waals surface area contributed by atoms with Crippen LogP contribution in [0.3, 0.4) is 0 Å². The first-order valence-electron chi connectivity index (χ1n) is 14.2. The van der Waals surface area contributed by atoms with Gasteiger partial charge >= 0.3 is 0 Å². The number of methoxy groups -OCH3 is 1. The van der Waals surface area contributed by atoms with Crippen molar-refractivity contribution in [1.29, 1.82) is 0 Å². The zero-order chi connectivity index (χ0) is 30.3. The molecule has 1 heterocycles. The lowest BCUT2D eigenvalue weighted by Crippen LogP contribution is -2.57. The summed E-state index contributed by atoms with van der Waals surface area (Å²) in [6.07, 6.45) is 1.17. The topological polar surface area (TPSA) is 138 Å². The van der Waals surface area contributed by atoms with Crippen molar-refractivity contribution in [3.8, 4) is 5.75 Å². The highest BCUT2D eigenvalue weighted by Crippen LogP contribution is 2.62. The van der Waals surface area contributed by atoms with E-state index in [0.29, 0.717) is 25.8 Å². The summed E-state index contributed by atoms with van der Waals surface area (Å²) in [5, 5.41) is 24.8. The van der Waals surface area contributed by atoms with Crippen LogP contribution in [0.4, 0.5) is 5.13 Å². The van der Waals surface area contributed by atoms with Gasteiger partial charge in [-0.3, -0.25) is 9.52 Å². The molecule has 0 spiro atoms. The fourth-order valence-electron chi connectivity index (χ4n) is 6.78. The number of nitrogens with zero attached hydrogens (tertiary/aromatic N) is 1. The first kappa shape index (κ1) is 30.5. The van der Waals surface area contributed by atoms with Gasteiger partial charge < -0.3 is 20.3 Å². The van der Waals surface area contributed by atoms with E-state index in [1.165, 1.54) is 11.3 Å². The molecule has 9 nitrogen and oxygen atoms in total. The average Bonchev–Trinajstić information content (AvgIpc) is 3.37. The van der Waals surface area contributed by atoms with Crippen LogP contribution in [-0.2, 0) is 27.8 Å². The van der Waals surface area contributed by atoms with E-state index in [9.17, 15) is 23.4 Å². The smallest absolute Gasteiger partial charge is 0.263 e. The molecule has 1 amide bonds. The summed E-state index contributed by atoms with van der Waals surface area (Å²) >= 11 is 1.26. The number of aromatic nitrogens is 1. The number of aliphatic hydroxyl groups is 2. The Balaban J connectivity index is 1.45. The van der Waals surface area contributed by atoms with Crippen molar-refractivity contribution < 1.29 is 28.2 Å². The molecule has 4 N–H and O–H groups in total. The zero-order valence-corrected chi connectivity index (χ0v) is 26.0. The SMILES string of the molecule is COc1ccc(CNC(=O)CC2c3nc(NS(=O)(=O)c4ccc(C)cc4)sc3CC3C(C)(CO)C(O)CCC23C)cc1. The van der Waals surface area contributed by atoms with Gasteiger partial charge in [0.05, 0.1) is 30.4 Å². The van der Waals surface area contributed by atoms with Crippen molar-refractivity contribution in [2.75, 3.05) is 18.4 Å². The molecule has 11 heteroatoms. The van der Waals surface area contributed by atoms with Crippen molar-refractivity contribution in [1.82, 2.24) is 10.3 Å². The second-order valence-corrected chi connectivity index (χ2v) is 14.9. The van der Waals surface area contributed by atoms with Crippen LogP contribution in [0.15, 0.2) is 53.4 Å². The van der Waals surface area contributed by atoms with Crippen LogP contribution in [-0.4, -0.2) is 49.3 Å². The first-order chi connectivity index (χ1) is 19.9. The van der Waals surface area contributed by atoms with Crippen LogP contribution in [0.25, 0.3) is 0 Å². The number of fused-ring (bicyclic) bond motifs is 2. The molecule has 226 valence electrons. The molecule has 0 aliphatic heterocycles. The molecule has 1 saturated carbocycles. The normalized spacial score (nSPS) is 27.0. The maximum atomic E-state index is 13.4. The third-order valence-electron chi connectivity index (χ3n) is 9.48. The Morgan fingerprint density at radius 1 is 1.14 bits per heavy atom. The van der Waals surface area contributed by atoms with E-state index in [1.807, 2.05) is 38.1 Å². The molecule has 5 atom stereocenters. The minimum atomic E-state index is -3.86. The van der Waals surface area contributed by atoms with Crippen molar-refractivity contribution >= 4 is 32.4 Å². The third kappa shape index (κ3) is 5.67. The van der Waals surface area contributed by atoms with Crippen LogP contribution >= 0.6 is 11.3 Å². The fourth-order valence-corrected chi connectivity index (χ4v) is 9.09. The molecule has 0 bridgehead atoms. The van der Waals surface area contributed by atoms with E-state index in [0.717, 1.165) is 27.4 Å². The van der Waals surface area contributed by atoms with Crippen LogP contribution < -0.4 is 14.8 Å². The summed E-state index contributed by atoms with van der Waals surface area (Å²) in [6.45, 7) is 6.09. The van der Waals surface area contributed by atoms with E-state index >= 15 is 0 Å². The third-order valence-corrected chi connectivity index (χ3v) is 12.0. The number of amides is 1. The highest BCUT2D eigenvalue weighted by atomic mass is 32.2. The van der Waals surface area contributed by atoms with Gasteiger partial charge in [-0.1, -0.05) is 43.7 Å². The van der Waals surface area contributed by atoms with Gasteiger partial charge in [0.25, 0.3) is 10.0 Å². The molecule has 2 aliphatic carbocycles. The summed E-state index contributed by atoms with van der Waals surface area (Å²) in [6, 6.07) is 14.1. The van der Waals surface area contributed by atoms with E-state index in [1.54, 1.807) is 31.4 Å². The molecular formula is C31H39N3O6S2. The predicted molar refractivity (Wildman–Crippen MR) is 162 cm³/mol. The van der Waals surface area contributed by atoms with Crippen molar-refractivity contribution in [3.63, 3.8) is 0 Å². The number of ether oxygens (including phenoxy) is 1. The summed E-state index contributed by atoms with van der Waals surface area (Å²) < 4.78 is 34.2. The predicted octanol–water partition coefficient (Wildman–Crippen LogP) is 4.38. The number of rotatable bonds is 9. The van der Waals surface area contributed by atoms with Gasteiger partial charge in [0.1, 0.15) is 5.75 Å². The number of benzene rings is 2. The largest absolute Gasteiger partial charge is 0.497 e. The van der Waals surface area contributed by atoms with Gasteiger partial charge in [-0.25, -0.2) is 13.4 Å². The summed E-state index contributed by atoms with van der Waals surface area (Å²) in [4.78, 5) is 19.2. The molecule has 5 rings (SSSR count). The lowest BCUT2D eigenvalue weighted by molar-refractivity contribution is -0.144. The van der Waals surface area contributed by atoms with Crippen molar-refractivity contribution in [3.05, 3.63) is 70.2 Å². The highest BCUT2D eigenvalue weighted by Gasteiger charge is 2.59. The number of anilines is 1. The lowest BCUT2D eigenvalue weighted by Gasteiger charge is -2.58. The number of nitrogens with one attached hydrogen (secondary N) is 2. The molecule has 5 unspecified atom stereocenters. The molecule has 1 fully saturated rings. The Morgan fingerprint density at radius 2 is 1.83 bits per heavy atom. The molecule has 2 aliphatic rings. The lowest BCUT2D eigenvalue weighted by atomic mass is 9.47. The van der Waals surface area contributed by atoms with E-state index < -0.39 is 27.0 Å². The molecule has 42 heavy (non-hydrogen) atoms. The average molecular weight is 614 g/mol. The summed E-state index contributed by atoms with van der Waals surface area (Å²) in [5.41, 5.74) is 1.40. The van der Waals surface area contributed by atoms with Crippen LogP contribution in [0.5, 0.6) is 5.75 Å². The number of carbonyl (C=O) groups is 1. The van der Waals surface area contributed by atoms with Gasteiger partial charge in [0.2, 0.25) is 5.91 Å². The van der Waals surface area contributed by atoms with Gasteiger partial charge in [0, 0.05) is 29.2 Å². The minimum Gasteiger partial charge on any atom is -0.497 e. The standard InChI is InChI=1S/C31H39N3O6S2/c1-19-5-11-22(12-6-19)42(38,39)34-29-33-28-23(15-27(37)32-17-20-7-9-21(40-4)10-8-20)30(2)14-13-26(36)31(3,18-35)25(30)16-24(28)41-29/h5-12,23,25-26,35-36H,13-18H2,1-4H3,(H,32,37)(H,33,34). The number of hydrogen-bond acceptors (Lipinski definition) is 8. The van der Waals surface area contributed by atoms with Crippen molar-refractivity contribution in [2.45, 2.75) is 69.9 Å². The van der Waals surface area contributed by atoms with Gasteiger partial charge in [0.15, 0.2) is 5.13 Å². The molecule has 0 radical (unpaired) electrons.